The summed E-state index contributed by atoms with van der Waals surface area (Å²) >= 11 is 0. The van der Waals surface area contributed by atoms with Gasteiger partial charge in [0.25, 0.3) is 6.43 Å². The first-order valence-electron chi connectivity index (χ1n) is 6.80. The van der Waals surface area contributed by atoms with E-state index in [1.807, 2.05) is 0 Å². The maximum absolute atomic E-state index is 12.9. The molecule has 3 rings (SSSR count). The van der Waals surface area contributed by atoms with Crippen LogP contribution in [0.3, 0.4) is 0 Å². The van der Waals surface area contributed by atoms with Crippen molar-refractivity contribution in [3.05, 3.63) is 23.3 Å². The predicted octanol–water partition coefficient (Wildman–Crippen LogP) is 1.65. The first-order valence-corrected chi connectivity index (χ1v) is 6.80. The van der Waals surface area contributed by atoms with E-state index < -0.39 is 29.8 Å². The van der Waals surface area contributed by atoms with E-state index in [9.17, 15) is 13.6 Å². The standard InChI is InChI=1S/C13H15F2N3O3/c14-11(15)10-8(13(19)20)4-16-12(17-10)9-5-18-3-1-2-7(18)6-21-9/h4,7,9,11H,1-3,5-6H2,(H,19,20). The van der Waals surface area contributed by atoms with Gasteiger partial charge in [0.1, 0.15) is 17.4 Å². The Morgan fingerprint density at radius 3 is 3.05 bits per heavy atom. The zero-order valence-corrected chi connectivity index (χ0v) is 11.2. The monoisotopic (exact) mass is 299 g/mol. The van der Waals surface area contributed by atoms with Gasteiger partial charge < -0.3 is 9.84 Å². The van der Waals surface area contributed by atoms with Crippen molar-refractivity contribution < 1.29 is 23.4 Å². The molecule has 0 radical (unpaired) electrons. The Labute approximate surface area is 119 Å². The van der Waals surface area contributed by atoms with Gasteiger partial charge in [-0.15, -0.1) is 0 Å². The van der Waals surface area contributed by atoms with Crippen LogP contribution in [0.2, 0.25) is 0 Å². The lowest BCUT2D eigenvalue weighted by atomic mass is 10.1. The molecular weight excluding hydrogens is 284 g/mol. The molecule has 2 atom stereocenters. The second-order valence-electron chi connectivity index (χ2n) is 5.25. The summed E-state index contributed by atoms with van der Waals surface area (Å²) in [4.78, 5) is 20.8. The van der Waals surface area contributed by atoms with Gasteiger partial charge in [0, 0.05) is 18.8 Å². The van der Waals surface area contributed by atoms with Gasteiger partial charge in [-0.3, -0.25) is 4.90 Å². The van der Waals surface area contributed by atoms with Crippen molar-refractivity contribution in [1.82, 2.24) is 14.9 Å². The predicted molar refractivity (Wildman–Crippen MR) is 67.2 cm³/mol. The van der Waals surface area contributed by atoms with Gasteiger partial charge in [-0.25, -0.2) is 23.5 Å². The lowest BCUT2D eigenvalue weighted by Gasteiger charge is -2.34. The van der Waals surface area contributed by atoms with Crippen LogP contribution in [-0.4, -0.2) is 51.7 Å². The first kappa shape index (κ1) is 14.3. The summed E-state index contributed by atoms with van der Waals surface area (Å²) in [5.74, 6) is -1.33. The number of alkyl halides is 2. The number of aromatic carboxylic acids is 1. The first-order chi connectivity index (χ1) is 10.1. The molecule has 21 heavy (non-hydrogen) atoms. The number of carboxylic acids is 1. The van der Waals surface area contributed by atoms with E-state index >= 15 is 0 Å². The van der Waals surface area contributed by atoms with Gasteiger partial charge >= 0.3 is 5.97 Å². The molecule has 2 unspecified atom stereocenters. The number of carbonyl (C=O) groups is 1. The van der Waals surface area contributed by atoms with Gasteiger partial charge in [0.05, 0.1) is 6.61 Å². The van der Waals surface area contributed by atoms with Gasteiger partial charge in [-0.2, -0.15) is 0 Å². The Balaban J connectivity index is 1.85. The molecule has 0 saturated carbocycles. The maximum Gasteiger partial charge on any atom is 0.339 e. The fraction of sp³-hybridized carbons (Fsp3) is 0.615. The largest absolute Gasteiger partial charge is 0.478 e. The number of aromatic nitrogens is 2. The Kier molecular flexibility index (Phi) is 3.81. The van der Waals surface area contributed by atoms with Gasteiger partial charge in [0.15, 0.2) is 5.82 Å². The molecule has 0 aliphatic carbocycles. The van der Waals surface area contributed by atoms with E-state index in [1.165, 1.54) is 0 Å². The molecular formula is C13H15F2N3O3. The third-order valence-corrected chi connectivity index (χ3v) is 3.95. The fourth-order valence-electron chi connectivity index (χ4n) is 2.87. The van der Waals surface area contributed by atoms with E-state index in [2.05, 4.69) is 14.9 Å². The topological polar surface area (TPSA) is 75.5 Å². The molecule has 2 aliphatic rings. The summed E-state index contributed by atoms with van der Waals surface area (Å²) in [6.45, 7) is 2.04. The summed E-state index contributed by atoms with van der Waals surface area (Å²) < 4.78 is 31.5. The van der Waals surface area contributed by atoms with E-state index in [0.29, 0.717) is 19.2 Å². The summed E-state index contributed by atoms with van der Waals surface area (Å²) in [5, 5.41) is 8.89. The molecule has 2 fully saturated rings. The Morgan fingerprint density at radius 2 is 2.33 bits per heavy atom. The van der Waals surface area contributed by atoms with Crippen LogP contribution < -0.4 is 0 Å². The molecule has 1 N–H and O–H groups in total. The average molecular weight is 299 g/mol. The highest BCUT2D eigenvalue weighted by Gasteiger charge is 2.34. The summed E-state index contributed by atoms with van der Waals surface area (Å²) in [7, 11) is 0. The van der Waals surface area contributed by atoms with Crippen molar-refractivity contribution in [2.75, 3.05) is 19.7 Å². The highest BCUT2D eigenvalue weighted by atomic mass is 19.3. The van der Waals surface area contributed by atoms with Crippen LogP contribution in [0.25, 0.3) is 0 Å². The van der Waals surface area contributed by atoms with Crippen molar-refractivity contribution in [2.24, 2.45) is 0 Å². The summed E-state index contributed by atoms with van der Waals surface area (Å²) in [6, 6.07) is 0.383. The molecule has 2 saturated heterocycles. The number of halogens is 2. The quantitative estimate of drug-likeness (QED) is 0.914. The van der Waals surface area contributed by atoms with Gasteiger partial charge in [0.2, 0.25) is 0 Å². The normalized spacial score (nSPS) is 26.0. The Hall–Kier alpha value is -1.67. The van der Waals surface area contributed by atoms with E-state index in [-0.39, 0.29) is 5.82 Å². The van der Waals surface area contributed by atoms with E-state index in [0.717, 1.165) is 25.6 Å². The third-order valence-electron chi connectivity index (χ3n) is 3.95. The molecule has 1 aromatic rings. The fourth-order valence-corrected chi connectivity index (χ4v) is 2.87. The maximum atomic E-state index is 12.9. The number of nitrogens with zero attached hydrogens (tertiary/aromatic N) is 3. The van der Waals surface area contributed by atoms with Gasteiger partial charge in [-0.1, -0.05) is 0 Å². The SMILES string of the molecule is O=C(O)c1cnc(C2CN3CCCC3CO2)nc1C(F)F. The van der Waals surface area contributed by atoms with Crippen molar-refractivity contribution in [3.63, 3.8) is 0 Å². The van der Waals surface area contributed by atoms with Crippen LogP contribution in [-0.2, 0) is 4.74 Å². The number of morpholine rings is 1. The van der Waals surface area contributed by atoms with Crippen molar-refractivity contribution >= 4 is 5.97 Å². The smallest absolute Gasteiger partial charge is 0.339 e. The van der Waals surface area contributed by atoms with Crippen LogP contribution >= 0.6 is 0 Å². The lowest BCUT2D eigenvalue weighted by molar-refractivity contribution is -0.0544. The number of hydrogen-bond donors (Lipinski definition) is 1. The summed E-state index contributed by atoms with van der Waals surface area (Å²) in [5.41, 5.74) is -1.32. The number of rotatable bonds is 3. The molecule has 1 aromatic heterocycles. The zero-order valence-electron chi connectivity index (χ0n) is 11.2. The van der Waals surface area contributed by atoms with Crippen molar-refractivity contribution in [2.45, 2.75) is 31.4 Å². The Bertz CT molecular complexity index is 555. The zero-order chi connectivity index (χ0) is 15.0. The number of hydrogen-bond acceptors (Lipinski definition) is 5. The minimum Gasteiger partial charge on any atom is -0.478 e. The van der Waals surface area contributed by atoms with Crippen LogP contribution in [0.1, 0.15) is 47.2 Å². The molecule has 0 bridgehead atoms. The molecule has 2 aliphatic heterocycles. The second-order valence-corrected chi connectivity index (χ2v) is 5.25. The third kappa shape index (κ3) is 2.73. The minimum atomic E-state index is -2.96. The van der Waals surface area contributed by atoms with E-state index in [4.69, 9.17) is 9.84 Å². The average Bonchev–Trinajstić information content (AvgIpc) is 2.93. The van der Waals surface area contributed by atoms with Crippen LogP contribution in [0.15, 0.2) is 6.20 Å². The van der Waals surface area contributed by atoms with Crippen molar-refractivity contribution in [1.29, 1.82) is 0 Å². The van der Waals surface area contributed by atoms with E-state index in [1.54, 1.807) is 0 Å². The number of fused-ring (bicyclic) bond motifs is 1. The second kappa shape index (κ2) is 5.61. The molecule has 8 heteroatoms. The van der Waals surface area contributed by atoms with Gasteiger partial charge in [-0.05, 0) is 19.4 Å². The minimum absolute atomic E-state index is 0.126. The van der Waals surface area contributed by atoms with Crippen LogP contribution in [0.5, 0.6) is 0 Å². The molecule has 6 nitrogen and oxygen atoms in total. The van der Waals surface area contributed by atoms with Crippen LogP contribution in [0.4, 0.5) is 8.78 Å². The molecule has 0 spiro atoms. The summed E-state index contributed by atoms with van der Waals surface area (Å²) in [6.07, 6.45) is -0.331. The highest BCUT2D eigenvalue weighted by molar-refractivity contribution is 5.88. The molecule has 0 aromatic carbocycles. The van der Waals surface area contributed by atoms with Crippen LogP contribution in [0, 0.1) is 0 Å². The number of carboxylic acid groups (broad SMARTS) is 1. The van der Waals surface area contributed by atoms with Crippen molar-refractivity contribution in [3.8, 4) is 0 Å². The molecule has 3 heterocycles. The number of ether oxygens (including phenoxy) is 1. The lowest BCUT2D eigenvalue weighted by Crippen LogP contribution is -2.43. The molecule has 0 amide bonds. The highest BCUT2D eigenvalue weighted by Crippen LogP contribution is 2.30. The Morgan fingerprint density at radius 1 is 1.52 bits per heavy atom. The molecule has 114 valence electrons.